The van der Waals surface area contributed by atoms with Crippen molar-refractivity contribution in [2.45, 2.75) is 6.42 Å². The fourth-order valence-corrected chi connectivity index (χ4v) is 2.33. The molecular weight excluding hydrogens is 330 g/mol. The number of nitrogens with one attached hydrogen (secondary N) is 2. The maximum absolute atomic E-state index is 12.3. The molecule has 0 atom stereocenters. The number of carbonyl (C=O) groups excluding carboxylic acids is 1. The van der Waals surface area contributed by atoms with Crippen molar-refractivity contribution < 1.29 is 9.53 Å². The highest BCUT2D eigenvalue weighted by atomic mass is 16.5. The minimum atomic E-state index is -0.155. The number of rotatable bonds is 7. The molecule has 7 heteroatoms. The first-order valence-electron chi connectivity index (χ1n) is 8.16. The Morgan fingerprint density at radius 3 is 2.54 bits per heavy atom. The van der Waals surface area contributed by atoms with E-state index in [2.05, 4.69) is 25.6 Å². The predicted octanol–water partition coefficient (Wildman–Crippen LogP) is 2.60. The largest absolute Gasteiger partial charge is 0.497 e. The number of methoxy groups -OCH3 is 1. The molecule has 0 saturated carbocycles. The van der Waals surface area contributed by atoms with E-state index in [4.69, 9.17) is 4.74 Å². The van der Waals surface area contributed by atoms with Gasteiger partial charge in [-0.2, -0.15) is 0 Å². The number of aromatic nitrogens is 3. The van der Waals surface area contributed by atoms with Gasteiger partial charge < -0.3 is 15.4 Å². The Kier molecular flexibility index (Phi) is 5.72. The summed E-state index contributed by atoms with van der Waals surface area (Å²) < 4.78 is 5.13. The Bertz CT molecular complexity index is 853. The number of hydrogen-bond donors (Lipinski definition) is 2. The molecule has 2 aromatic heterocycles. The van der Waals surface area contributed by atoms with Crippen LogP contribution in [0.1, 0.15) is 15.9 Å². The molecular formula is C19H19N5O2. The van der Waals surface area contributed by atoms with Gasteiger partial charge in [0.05, 0.1) is 7.11 Å². The lowest BCUT2D eigenvalue weighted by molar-refractivity contribution is 0.0954. The van der Waals surface area contributed by atoms with Crippen LogP contribution in [0, 0.1) is 0 Å². The SMILES string of the molecule is COc1ccc(CCNC(=O)c2ccnc(Nc3ncccn3)c2)cc1. The van der Waals surface area contributed by atoms with Gasteiger partial charge in [0.25, 0.3) is 5.91 Å². The summed E-state index contributed by atoms with van der Waals surface area (Å²) in [6.07, 6.45) is 5.57. The van der Waals surface area contributed by atoms with Gasteiger partial charge in [0, 0.05) is 30.7 Å². The molecule has 2 heterocycles. The monoisotopic (exact) mass is 349 g/mol. The highest BCUT2D eigenvalue weighted by Gasteiger charge is 2.07. The number of carbonyl (C=O) groups is 1. The Balaban J connectivity index is 1.55. The van der Waals surface area contributed by atoms with Gasteiger partial charge in [-0.3, -0.25) is 4.79 Å². The van der Waals surface area contributed by atoms with E-state index in [1.807, 2.05) is 24.3 Å². The fraction of sp³-hybridized carbons (Fsp3) is 0.158. The van der Waals surface area contributed by atoms with Crippen LogP contribution in [0.4, 0.5) is 11.8 Å². The van der Waals surface area contributed by atoms with Crippen molar-refractivity contribution in [3.05, 3.63) is 72.2 Å². The van der Waals surface area contributed by atoms with Crippen LogP contribution in [-0.2, 0) is 6.42 Å². The van der Waals surface area contributed by atoms with Crippen LogP contribution in [0.2, 0.25) is 0 Å². The molecule has 0 aliphatic heterocycles. The van der Waals surface area contributed by atoms with Crippen molar-refractivity contribution in [2.75, 3.05) is 19.0 Å². The topological polar surface area (TPSA) is 89.0 Å². The number of pyridine rings is 1. The first-order chi connectivity index (χ1) is 12.7. The second-order valence-corrected chi connectivity index (χ2v) is 5.48. The smallest absolute Gasteiger partial charge is 0.251 e. The standard InChI is InChI=1S/C19H19N5O2/c1-26-16-5-3-14(4-6-16)7-11-21-18(25)15-8-12-20-17(13-15)24-19-22-9-2-10-23-19/h2-6,8-10,12-13H,7,11H2,1H3,(H,21,25)(H,20,22,23,24). The average Bonchev–Trinajstić information content (AvgIpc) is 2.69. The molecule has 2 N–H and O–H groups in total. The molecule has 0 aliphatic carbocycles. The third-order valence-electron chi connectivity index (χ3n) is 3.69. The molecule has 0 bridgehead atoms. The molecule has 3 rings (SSSR count). The number of ether oxygens (including phenoxy) is 1. The summed E-state index contributed by atoms with van der Waals surface area (Å²) in [5.74, 6) is 1.60. The summed E-state index contributed by atoms with van der Waals surface area (Å²) >= 11 is 0. The van der Waals surface area contributed by atoms with Crippen LogP contribution in [0.5, 0.6) is 5.75 Å². The number of anilines is 2. The summed E-state index contributed by atoms with van der Waals surface area (Å²) in [4.78, 5) is 24.6. The molecule has 132 valence electrons. The van der Waals surface area contributed by atoms with E-state index >= 15 is 0 Å². The average molecular weight is 349 g/mol. The van der Waals surface area contributed by atoms with E-state index in [-0.39, 0.29) is 5.91 Å². The molecule has 0 radical (unpaired) electrons. The van der Waals surface area contributed by atoms with Gasteiger partial charge in [0.15, 0.2) is 0 Å². The summed E-state index contributed by atoms with van der Waals surface area (Å²) in [6.45, 7) is 0.540. The lowest BCUT2D eigenvalue weighted by Gasteiger charge is -2.08. The second kappa shape index (κ2) is 8.57. The fourth-order valence-electron chi connectivity index (χ4n) is 2.33. The van der Waals surface area contributed by atoms with Crippen molar-refractivity contribution in [3.8, 4) is 5.75 Å². The van der Waals surface area contributed by atoms with Gasteiger partial charge in [0.2, 0.25) is 5.95 Å². The maximum Gasteiger partial charge on any atom is 0.251 e. The van der Waals surface area contributed by atoms with Gasteiger partial charge in [-0.25, -0.2) is 15.0 Å². The number of benzene rings is 1. The van der Waals surface area contributed by atoms with Crippen LogP contribution >= 0.6 is 0 Å². The van der Waals surface area contributed by atoms with Gasteiger partial charge in [-0.1, -0.05) is 12.1 Å². The molecule has 0 fully saturated rings. The molecule has 26 heavy (non-hydrogen) atoms. The van der Waals surface area contributed by atoms with E-state index in [1.165, 1.54) is 0 Å². The first kappa shape index (κ1) is 17.3. The second-order valence-electron chi connectivity index (χ2n) is 5.48. The van der Waals surface area contributed by atoms with E-state index in [9.17, 15) is 4.79 Å². The summed E-state index contributed by atoms with van der Waals surface area (Å²) in [6, 6.07) is 12.8. The number of hydrogen-bond acceptors (Lipinski definition) is 6. The Labute approximate surface area is 151 Å². The minimum absolute atomic E-state index is 0.155. The summed E-state index contributed by atoms with van der Waals surface area (Å²) in [5, 5.41) is 5.88. The Morgan fingerprint density at radius 1 is 1.04 bits per heavy atom. The zero-order valence-electron chi connectivity index (χ0n) is 14.3. The maximum atomic E-state index is 12.3. The molecule has 0 spiro atoms. The Morgan fingerprint density at radius 2 is 1.81 bits per heavy atom. The molecule has 1 aromatic carbocycles. The van der Waals surface area contributed by atoms with Crippen LogP contribution in [0.3, 0.4) is 0 Å². The molecule has 0 saturated heterocycles. The molecule has 7 nitrogen and oxygen atoms in total. The van der Waals surface area contributed by atoms with E-state index < -0.39 is 0 Å². The van der Waals surface area contributed by atoms with Gasteiger partial charge in [0.1, 0.15) is 11.6 Å². The van der Waals surface area contributed by atoms with Crippen molar-refractivity contribution in [3.63, 3.8) is 0 Å². The van der Waals surface area contributed by atoms with Gasteiger partial charge in [-0.05, 0) is 42.3 Å². The highest BCUT2D eigenvalue weighted by molar-refractivity contribution is 5.94. The van der Waals surface area contributed by atoms with Crippen molar-refractivity contribution in [1.82, 2.24) is 20.3 Å². The summed E-state index contributed by atoms with van der Waals surface area (Å²) in [7, 11) is 1.64. The third kappa shape index (κ3) is 4.76. The molecule has 0 aliphatic rings. The lowest BCUT2D eigenvalue weighted by Crippen LogP contribution is -2.25. The normalized spacial score (nSPS) is 10.2. The zero-order valence-corrected chi connectivity index (χ0v) is 14.3. The highest BCUT2D eigenvalue weighted by Crippen LogP contribution is 2.12. The Hall–Kier alpha value is -3.48. The van der Waals surface area contributed by atoms with Crippen LogP contribution in [0.15, 0.2) is 61.1 Å². The van der Waals surface area contributed by atoms with Gasteiger partial charge >= 0.3 is 0 Å². The van der Waals surface area contributed by atoms with Gasteiger partial charge in [-0.15, -0.1) is 0 Å². The van der Waals surface area contributed by atoms with Crippen molar-refractivity contribution in [2.24, 2.45) is 0 Å². The number of nitrogens with zero attached hydrogens (tertiary/aromatic N) is 3. The third-order valence-corrected chi connectivity index (χ3v) is 3.69. The van der Waals surface area contributed by atoms with Crippen molar-refractivity contribution in [1.29, 1.82) is 0 Å². The lowest BCUT2D eigenvalue weighted by atomic mass is 10.1. The minimum Gasteiger partial charge on any atom is -0.497 e. The molecule has 0 unspecified atom stereocenters. The number of amides is 1. The van der Waals surface area contributed by atoms with Crippen LogP contribution in [-0.4, -0.2) is 34.5 Å². The predicted molar refractivity (Wildman–Crippen MR) is 98.6 cm³/mol. The van der Waals surface area contributed by atoms with Crippen LogP contribution < -0.4 is 15.4 Å². The van der Waals surface area contributed by atoms with E-state index in [0.29, 0.717) is 23.9 Å². The van der Waals surface area contributed by atoms with E-state index in [1.54, 1.807) is 43.9 Å². The summed E-state index contributed by atoms with van der Waals surface area (Å²) in [5.41, 5.74) is 1.65. The van der Waals surface area contributed by atoms with E-state index in [0.717, 1.165) is 17.7 Å². The van der Waals surface area contributed by atoms with Crippen LogP contribution in [0.25, 0.3) is 0 Å². The molecule has 1 amide bonds. The quantitative estimate of drug-likeness (QED) is 0.681. The molecule has 3 aromatic rings. The zero-order chi connectivity index (χ0) is 18.2. The first-order valence-corrected chi connectivity index (χ1v) is 8.16. The van der Waals surface area contributed by atoms with Crippen molar-refractivity contribution >= 4 is 17.7 Å².